The lowest BCUT2D eigenvalue weighted by Gasteiger charge is -2.17. The number of methoxy groups -OCH3 is 2. The summed E-state index contributed by atoms with van der Waals surface area (Å²) >= 11 is 6.22. The van der Waals surface area contributed by atoms with E-state index in [9.17, 15) is 9.18 Å². The Morgan fingerprint density at radius 1 is 1.14 bits per heavy atom. The number of aromatic nitrogens is 2. The van der Waals surface area contributed by atoms with Crippen molar-refractivity contribution in [3.8, 4) is 11.5 Å². The first kappa shape index (κ1) is 19.7. The van der Waals surface area contributed by atoms with Gasteiger partial charge in [0, 0.05) is 5.69 Å². The molecule has 3 aromatic rings. The second kappa shape index (κ2) is 8.31. The van der Waals surface area contributed by atoms with Gasteiger partial charge in [-0.1, -0.05) is 23.7 Å². The Morgan fingerprint density at radius 3 is 2.46 bits per heavy atom. The highest BCUT2D eigenvalue weighted by atomic mass is 35.5. The Labute approximate surface area is 166 Å². The predicted octanol–water partition coefficient (Wildman–Crippen LogP) is 4.15. The molecule has 1 heterocycles. The zero-order valence-electron chi connectivity index (χ0n) is 15.6. The number of rotatable bonds is 6. The molecular weight excluding hydrogens is 385 g/mol. The quantitative estimate of drug-likeness (QED) is 0.669. The first-order valence-electron chi connectivity index (χ1n) is 8.42. The lowest BCUT2D eigenvalue weighted by atomic mass is 10.2. The monoisotopic (exact) mass is 403 g/mol. The van der Waals surface area contributed by atoms with Crippen molar-refractivity contribution in [2.24, 2.45) is 0 Å². The number of aryl methyl sites for hydroxylation is 1. The molecule has 0 amide bonds. The van der Waals surface area contributed by atoms with E-state index in [4.69, 9.17) is 21.1 Å². The Kier molecular flexibility index (Phi) is 5.84. The van der Waals surface area contributed by atoms with Gasteiger partial charge in [0.25, 0.3) is 0 Å². The number of nitrogens with one attached hydrogen (secondary N) is 1. The number of halogens is 2. The maximum atomic E-state index is 13.2. The molecule has 1 aromatic heterocycles. The van der Waals surface area contributed by atoms with Gasteiger partial charge in [-0.25, -0.2) is 4.39 Å². The third-order valence-electron chi connectivity index (χ3n) is 4.19. The van der Waals surface area contributed by atoms with Crippen LogP contribution in [0.4, 0.5) is 16.0 Å². The fourth-order valence-corrected chi connectivity index (χ4v) is 2.93. The highest BCUT2D eigenvalue weighted by Crippen LogP contribution is 2.32. The molecule has 0 saturated carbocycles. The van der Waals surface area contributed by atoms with E-state index in [-0.39, 0.29) is 11.6 Å². The number of hydrogen-bond acceptors (Lipinski definition) is 5. The predicted molar refractivity (Wildman–Crippen MR) is 107 cm³/mol. The van der Waals surface area contributed by atoms with E-state index >= 15 is 0 Å². The molecule has 146 valence electrons. The molecule has 0 radical (unpaired) electrons. The second-order valence-electron chi connectivity index (χ2n) is 6.12. The van der Waals surface area contributed by atoms with Crippen LogP contribution in [0.1, 0.15) is 11.1 Å². The summed E-state index contributed by atoms with van der Waals surface area (Å²) in [4.78, 5) is 16.3. The molecule has 0 aliphatic carbocycles. The van der Waals surface area contributed by atoms with Crippen LogP contribution in [0.25, 0.3) is 0 Å². The van der Waals surface area contributed by atoms with Crippen molar-refractivity contribution in [2.45, 2.75) is 13.5 Å². The molecule has 0 bridgehead atoms. The molecule has 0 aliphatic heterocycles. The molecule has 28 heavy (non-hydrogen) atoms. The van der Waals surface area contributed by atoms with E-state index in [0.717, 1.165) is 11.1 Å². The third-order valence-corrected chi connectivity index (χ3v) is 4.49. The number of hydrogen-bond donors (Lipinski definition) is 1. The van der Waals surface area contributed by atoms with Gasteiger partial charge in [0.15, 0.2) is 0 Å². The van der Waals surface area contributed by atoms with Crippen LogP contribution in [0.5, 0.6) is 11.5 Å². The van der Waals surface area contributed by atoms with Crippen LogP contribution in [-0.2, 0) is 6.54 Å². The Bertz CT molecular complexity index is 1050. The summed E-state index contributed by atoms with van der Waals surface area (Å²) < 4.78 is 25.2. The highest BCUT2D eigenvalue weighted by molar-refractivity contribution is 6.32. The van der Waals surface area contributed by atoms with Crippen LogP contribution in [-0.4, -0.2) is 23.8 Å². The van der Waals surface area contributed by atoms with Gasteiger partial charge in [0.05, 0.1) is 32.0 Å². The molecule has 6 nitrogen and oxygen atoms in total. The average molecular weight is 404 g/mol. The highest BCUT2D eigenvalue weighted by Gasteiger charge is 2.13. The molecular formula is C20H19ClFN3O3. The van der Waals surface area contributed by atoms with Gasteiger partial charge >= 0.3 is 5.56 Å². The number of benzene rings is 2. The summed E-state index contributed by atoms with van der Waals surface area (Å²) in [6.07, 6.45) is 1.56. The van der Waals surface area contributed by atoms with Crippen LogP contribution >= 0.6 is 11.6 Å². The molecule has 0 fully saturated rings. The summed E-state index contributed by atoms with van der Waals surface area (Å²) in [6, 6.07) is 9.58. The lowest BCUT2D eigenvalue weighted by molar-refractivity contribution is 0.402. The average Bonchev–Trinajstić information content (AvgIpc) is 2.68. The van der Waals surface area contributed by atoms with Crippen molar-refractivity contribution < 1.29 is 13.9 Å². The van der Waals surface area contributed by atoms with Crippen molar-refractivity contribution in [3.63, 3.8) is 0 Å². The minimum Gasteiger partial charge on any atom is -0.495 e. The topological polar surface area (TPSA) is 65.4 Å². The van der Waals surface area contributed by atoms with Gasteiger partial charge < -0.3 is 19.4 Å². The molecule has 2 aromatic carbocycles. The summed E-state index contributed by atoms with van der Waals surface area (Å²) in [5.74, 6) is 0.647. The number of nitrogens with zero attached hydrogens (tertiary/aromatic N) is 2. The van der Waals surface area contributed by atoms with Crippen molar-refractivity contribution in [2.75, 3.05) is 19.5 Å². The fraction of sp³-hybridized carbons (Fsp3) is 0.200. The molecule has 0 spiro atoms. The van der Waals surface area contributed by atoms with Crippen LogP contribution in [0.15, 0.2) is 47.4 Å². The smallest absolute Gasteiger partial charge is 0.316 e. The van der Waals surface area contributed by atoms with E-state index < -0.39 is 5.56 Å². The molecule has 0 aliphatic rings. The van der Waals surface area contributed by atoms with Gasteiger partial charge in [-0.3, -0.25) is 4.79 Å². The Balaban J connectivity index is 2.02. The van der Waals surface area contributed by atoms with E-state index in [2.05, 4.69) is 10.3 Å². The van der Waals surface area contributed by atoms with Crippen LogP contribution in [0.2, 0.25) is 5.02 Å². The van der Waals surface area contributed by atoms with Gasteiger partial charge in [-0.2, -0.15) is 4.98 Å². The molecule has 0 saturated heterocycles. The van der Waals surface area contributed by atoms with E-state index in [1.54, 1.807) is 42.1 Å². The van der Waals surface area contributed by atoms with Crippen molar-refractivity contribution in [1.29, 1.82) is 0 Å². The number of anilines is 2. The molecule has 0 atom stereocenters. The molecule has 8 heteroatoms. The fourth-order valence-electron chi connectivity index (χ4n) is 2.69. The molecule has 1 N–H and O–H groups in total. The zero-order valence-corrected chi connectivity index (χ0v) is 16.4. The van der Waals surface area contributed by atoms with Crippen molar-refractivity contribution >= 4 is 23.2 Å². The Hall–Kier alpha value is -3.06. The van der Waals surface area contributed by atoms with Gasteiger partial charge in [0.1, 0.15) is 11.6 Å². The van der Waals surface area contributed by atoms with Crippen molar-refractivity contribution in [3.05, 3.63) is 74.9 Å². The largest absolute Gasteiger partial charge is 0.495 e. The van der Waals surface area contributed by atoms with Gasteiger partial charge in [-0.15, -0.1) is 0 Å². The van der Waals surface area contributed by atoms with E-state index in [1.165, 1.54) is 19.2 Å². The zero-order chi connectivity index (χ0) is 20.3. The second-order valence-corrected chi connectivity index (χ2v) is 6.53. The standard InChI is InChI=1S/C20H19ClFN3O3/c1-12-8-17(27-2)15(21)9-16(12)23-20-24-19(26)18(28-3)11-25(20)10-13-4-6-14(22)7-5-13/h4-9,11H,10H2,1-3H3,(H,23,24,26). The minimum atomic E-state index is -0.502. The van der Waals surface area contributed by atoms with E-state index in [1.807, 2.05) is 6.92 Å². The Morgan fingerprint density at radius 2 is 1.82 bits per heavy atom. The summed E-state index contributed by atoms with van der Waals surface area (Å²) in [6.45, 7) is 2.24. The maximum absolute atomic E-state index is 13.2. The molecule has 0 unspecified atom stereocenters. The lowest BCUT2D eigenvalue weighted by Crippen LogP contribution is -2.19. The normalized spacial score (nSPS) is 10.6. The summed E-state index contributed by atoms with van der Waals surface area (Å²) in [5.41, 5.74) is 1.87. The first-order valence-corrected chi connectivity index (χ1v) is 8.80. The SMILES string of the molecule is COc1cc(C)c(Nc2nc(=O)c(OC)cn2Cc2ccc(F)cc2)cc1Cl. The number of ether oxygens (including phenoxy) is 2. The minimum absolute atomic E-state index is 0.108. The van der Waals surface area contributed by atoms with Crippen LogP contribution in [0, 0.1) is 12.7 Å². The van der Waals surface area contributed by atoms with Crippen molar-refractivity contribution in [1.82, 2.24) is 9.55 Å². The van der Waals surface area contributed by atoms with E-state index in [0.29, 0.717) is 29.0 Å². The van der Waals surface area contributed by atoms with Gasteiger partial charge in [-0.05, 0) is 42.3 Å². The summed E-state index contributed by atoms with van der Waals surface area (Å²) in [5, 5.41) is 3.57. The molecule has 3 rings (SSSR count). The maximum Gasteiger partial charge on any atom is 0.316 e. The third kappa shape index (κ3) is 4.26. The van der Waals surface area contributed by atoms with Crippen LogP contribution < -0.4 is 20.3 Å². The van der Waals surface area contributed by atoms with Gasteiger partial charge in [0.2, 0.25) is 11.7 Å². The first-order chi connectivity index (χ1) is 13.4. The van der Waals surface area contributed by atoms with Crippen LogP contribution in [0.3, 0.4) is 0 Å². The summed E-state index contributed by atoms with van der Waals surface area (Å²) in [7, 11) is 2.94.